The van der Waals surface area contributed by atoms with Crippen molar-refractivity contribution in [1.82, 2.24) is 0 Å². The Kier molecular flexibility index (Phi) is 23.0. The summed E-state index contributed by atoms with van der Waals surface area (Å²) >= 11 is 0. The van der Waals surface area contributed by atoms with Crippen LogP contribution in [-0.4, -0.2) is 59.1 Å². The van der Waals surface area contributed by atoms with Gasteiger partial charge in [0.15, 0.2) is 5.29 Å². The molecule has 0 bridgehead atoms. The summed E-state index contributed by atoms with van der Waals surface area (Å²) < 4.78 is 18.5. The number of carbonyl (C=O) groups is 3. The van der Waals surface area contributed by atoms with Gasteiger partial charge in [-0.15, -0.1) is 15.3 Å². The number of unbranched alkanes of at least 4 members (excludes halogenated alkanes) is 3. The predicted octanol–water partition coefficient (Wildman–Crippen LogP) is 12.1. The smallest absolute Gasteiger partial charge is 0.298 e. The number of carbonyl (C=O) groups excluding carboxylic acids is 3. The molecule has 12 nitrogen and oxygen atoms in total. The lowest BCUT2D eigenvalue weighted by atomic mass is 10.0. The lowest BCUT2D eigenvalue weighted by Gasteiger charge is -2.21. The molecule has 4 atom stereocenters. The minimum Gasteiger partial charge on any atom is -0.492 e. The van der Waals surface area contributed by atoms with Crippen LogP contribution in [-0.2, 0) is 0 Å². The highest BCUT2D eigenvalue weighted by molar-refractivity contribution is 6.16. The molecule has 0 fully saturated rings. The molecule has 0 aromatic heterocycles. The summed E-state index contributed by atoms with van der Waals surface area (Å²) in [6.07, 6.45) is 12.6. The van der Waals surface area contributed by atoms with Crippen LogP contribution in [0.2, 0.25) is 0 Å². The molecule has 0 saturated heterocycles. The maximum absolute atomic E-state index is 13.7. The largest absolute Gasteiger partial charge is 0.492 e. The maximum atomic E-state index is 13.7. The van der Waals surface area contributed by atoms with Gasteiger partial charge in [0.1, 0.15) is 23.3 Å². The van der Waals surface area contributed by atoms with Crippen LogP contribution in [0, 0.1) is 17.8 Å². The van der Waals surface area contributed by atoms with Gasteiger partial charge in [-0.2, -0.15) is 15.3 Å². The Balaban J connectivity index is 1.95. The van der Waals surface area contributed by atoms with Crippen molar-refractivity contribution in [2.45, 2.75) is 137 Å². The van der Waals surface area contributed by atoms with Gasteiger partial charge in [0.05, 0.1) is 46.8 Å². The third kappa shape index (κ3) is 16.8. The monoisotopic (exact) mass is 855 g/mol. The second-order valence-corrected chi connectivity index (χ2v) is 17.4. The summed E-state index contributed by atoms with van der Waals surface area (Å²) in [6.45, 7) is 16.0. The van der Waals surface area contributed by atoms with Crippen molar-refractivity contribution in [2.75, 3.05) is 19.8 Å². The first-order valence-electron chi connectivity index (χ1n) is 22.6. The molecule has 0 saturated carbocycles. The maximum Gasteiger partial charge on any atom is 0.298 e. The fraction of sp³-hybridized carbons (Fsp3) is 0.562. The molecule has 3 amide bonds. The third-order valence-electron chi connectivity index (χ3n) is 11.2. The van der Waals surface area contributed by atoms with Crippen molar-refractivity contribution in [3.8, 4) is 17.2 Å². The van der Waals surface area contributed by atoms with E-state index in [9.17, 15) is 14.4 Å². The minimum atomic E-state index is -1.61. The van der Waals surface area contributed by atoms with Gasteiger partial charge in [-0.1, -0.05) is 136 Å². The Hall–Kier alpha value is -4.91. The number of rotatable bonds is 28. The van der Waals surface area contributed by atoms with Gasteiger partial charge in [-0.3, -0.25) is 14.4 Å². The lowest BCUT2D eigenvalue weighted by molar-refractivity contribution is 0.0969. The van der Waals surface area contributed by atoms with E-state index < -0.39 is 29.0 Å². The van der Waals surface area contributed by atoms with E-state index in [2.05, 4.69) is 72.2 Å². The van der Waals surface area contributed by atoms with Crippen LogP contribution in [0.5, 0.6) is 17.2 Å². The molecule has 0 radical (unpaired) electrons. The van der Waals surface area contributed by atoms with Crippen molar-refractivity contribution in [3.63, 3.8) is 0 Å². The van der Waals surface area contributed by atoms with Gasteiger partial charge in [0.2, 0.25) is 0 Å². The van der Waals surface area contributed by atoms with Crippen LogP contribution in [0.4, 0.5) is 0 Å². The number of nitrogens with zero attached hydrogens (tertiary/aromatic N) is 6. The van der Waals surface area contributed by atoms with Gasteiger partial charge in [0.25, 0.3) is 17.7 Å². The molecule has 0 aliphatic carbocycles. The first-order valence-corrected chi connectivity index (χ1v) is 23.6. The number of azo groups is 3. The van der Waals surface area contributed by atoms with Gasteiger partial charge in [-0.25, -0.2) is 0 Å². The van der Waals surface area contributed by atoms with Crippen LogP contribution in [0.3, 0.4) is 0 Å². The zero-order valence-electron chi connectivity index (χ0n) is 38.0. The summed E-state index contributed by atoms with van der Waals surface area (Å²) in [6, 6.07) is 19.8. The van der Waals surface area contributed by atoms with Crippen LogP contribution >= 0.6 is 0 Å². The molecule has 0 aliphatic rings. The second kappa shape index (κ2) is 27.8. The molecule has 332 valence electrons. The highest BCUT2D eigenvalue weighted by Crippen LogP contribution is 2.28. The van der Waals surface area contributed by atoms with E-state index >= 15 is 0 Å². The van der Waals surface area contributed by atoms with Crippen molar-refractivity contribution < 1.29 is 28.6 Å². The van der Waals surface area contributed by atoms with E-state index in [-0.39, 0.29) is 26.9 Å². The summed E-state index contributed by atoms with van der Waals surface area (Å²) in [5, 5.41) is 23.9. The summed E-state index contributed by atoms with van der Waals surface area (Å²) in [5.41, 5.74) is 0.750. The van der Waals surface area contributed by atoms with E-state index in [0.29, 0.717) is 54.8 Å². The Morgan fingerprint density at radius 2 is 0.836 bits per heavy atom. The van der Waals surface area contributed by atoms with Crippen LogP contribution in [0.25, 0.3) is 0 Å². The molecular weight excluding hydrogens is 785 g/mol. The molecule has 3 rings (SSSR count). The van der Waals surface area contributed by atoms with Gasteiger partial charge < -0.3 is 14.2 Å². The summed E-state index contributed by atoms with van der Waals surface area (Å²) in [5.74, 6) is 0.401. The average Bonchev–Trinajstić information content (AvgIpc) is 3.29. The Morgan fingerprint density at radius 1 is 0.525 bits per heavy atom. The number of ether oxygens (including phenoxy) is 3. The number of benzene rings is 3. The first kappa shape index (κ1) is 50.4. The molecule has 3 aromatic rings. The lowest BCUT2D eigenvalue weighted by Crippen LogP contribution is -2.36. The minimum absolute atomic E-state index is 0.0845. The van der Waals surface area contributed by atoms with Crippen molar-refractivity contribution in [1.29, 1.82) is 0 Å². The van der Waals surface area contributed by atoms with Gasteiger partial charge >= 0.3 is 0 Å². The SMILES string of the molecule is CCCCC(CC)COc1ccccc1C(=O)N=NC(C)C([SiH3])(N=NC(=O)c1ccccc1OCC(CC)CCCC)N=NC(=O)c1ccccc1OCC(CC)CCCC. The molecule has 0 heterocycles. The van der Waals surface area contributed by atoms with E-state index in [1.165, 1.54) is 0 Å². The van der Waals surface area contributed by atoms with E-state index in [4.69, 9.17) is 14.2 Å². The number of hydrogen-bond donors (Lipinski definition) is 0. The van der Waals surface area contributed by atoms with Crippen molar-refractivity contribution in [3.05, 3.63) is 89.5 Å². The highest BCUT2D eigenvalue weighted by Gasteiger charge is 2.33. The number of hydrogen-bond acceptors (Lipinski definition) is 9. The molecule has 0 N–H and O–H groups in total. The Labute approximate surface area is 367 Å². The first-order chi connectivity index (χ1) is 29.5. The Bertz CT molecular complexity index is 1800. The molecule has 61 heavy (non-hydrogen) atoms. The van der Waals surface area contributed by atoms with E-state index in [1.807, 2.05) is 6.07 Å². The van der Waals surface area contributed by atoms with Crippen LogP contribution in [0.15, 0.2) is 103 Å². The fourth-order valence-corrected chi connectivity index (χ4v) is 6.83. The number of para-hydroxylation sites is 3. The standard InChI is InChI=1S/C48H70N6O6Si/c1-8-14-23-36(11-4)32-58-42-29-20-17-26-39(42)45(55)50-49-35(7)48(61,53-51-46(56)40-27-18-21-30-43(40)59-33-37(12-5)24-15-9-2)54-52-47(57)41-28-19-22-31-44(41)60-34-38(13-6)25-16-10-3/h17-22,26-31,35-38H,8-16,23-25,32-34H2,1-7,61H3. The van der Waals surface area contributed by atoms with Crippen molar-refractivity contribution >= 4 is 28.0 Å². The molecule has 13 heteroatoms. The molecule has 4 unspecified atom stereocenters. The predicted molar refractivity (Wildman–Crippen MR) is 245 cm³/mol. The van der Waals surface area contributed by atoms with Gasteiger partial charge in [-0.05, 0) is 80.3 Å². The topological polar surface area (TPSA) is 153 Å². The molecule has 3 aromatic carbocycles. The normalized spacial score (nSPS) is 14.8. The number of amides is 3. The quantitative estimate of drug-likeness (QED) is 0.0523. The third-order valence-corrected chi connectivity index (χ3v) is 12.4. The second-order valence-electron chi connectivity index (χ2n) is 16.0. The molecule has 0 aliphatic heterocycles. The summed E-state index contributed by atoms with van der Waals surface area (Å²) in [7, 11) is 0.0845. The average molecular weight is 855 g/mol. The molecular formula is C48H70N6O6Si. The van der Waals surface area contributed by atoms with E-state index in [0.717, 1.165) is 77.0 Å². The van der Waals surface area contributed by atoms with Gasteiger partial charge in [0, 0.05) is 0 Å². The zero-order chi connectivity index (χ0) is 44.5. The molecule has 0 spiro atoms. The van der Waals surface area contributed by atoms with Crippen molar-refractivity contribution in [2.24, 2.45) is 48.4 Å². The Morgan fingerprint density at radius 3 is 1.15 bits per heavy atom. The van der Waals surface area contributed by atoms with Crippen LogP contribution in [0.1, 0.15) is 157 Å². The van der Waals surface area contributed by atoms with E-state index in [1.54, 1.807) is 73.7 Å². The zero-order valence-corrected chi connectivity index (χ0v) is 40.0. The highest BCUT2D eigenvalue weighted by atomic mass is 28.1. The fourth-order valence-electron chi connectivity index (χ4n) is 6.52. The van der Waals surface area contributed by atoms with Crippen LogP contribution < -0.4 is 14.2 Å². The summed E-state index contributed by atoms with van der Waals surface area (Å²) in [4.78, 5) is 41.0.